The molecule has 31 heavy (non-hydrogen) atoms. The van der Waals surface area contributed by atoms with Crippen LogP contribution in [0.1, 0.15) is 138 Å². The third kappa shape index (κ3) is 17.2. The number of carbonyl (C=O) groups excluding carboxylic acids is 2. The molecule has 0 radical (unpaired) electrons. The van der Waals surface area contributed by atoms with Crippen molar-refractivity contribution in [3.8, 4) is 0 Å². The Morgan fingerprint density at radius 1 is 0.774 bits per heavy atom. The van der Waals surface area contributed by atoms with Gasteiger partial charge in [-0.1, -0.05) is 99.3 Å². The molecule has 0 amide bonds. The fraction of sp³-hybridized carbons (Fsp3) is 0.926. The number of unbranched alkanes of at least 4 members (excludes halogenated alkanes) is 8. The minimum Gasteiger partial charge on any atom is -0.465 e. The van der Waals surface area contributed by atoms with Crippen molar-refractivity contribution >= 4 is 11.9 Å². The monoisotopic (exact) mass is 440 g/mol. The summed E-state index contributed by atoms with van der Waals surface area (Å²) in [5.41, 5.74) is -0.283. The van der Waals surface area contributed by atoms with Crippen molar-refractivity contribution in [1.29, 1.82) is 0 Å². The van der Waals surface area contributed by atoms with Gasteiger partial charge in [0.2, 0.25) is 0 Å². The lowest BCUT2D eigenvalue weighted by atomic mass is 9.80. The number of esters is 2. The fourth-order valence-corrected chi connectivity index (χ4v) is 4.12. The van der Waals surface area contributed by atoms with E-state index in [-0.39, 0.29) is 29.4 Å². The number of rotatable bonds is 20. The van der Waals surface area contributed by atoms with Crippen molar-refractivity contribution in [3.63, 3.8) is 0 Å². The standard InChI is InChI=1S/C27H52O4/c1-7-10-13-14-15-17-20-30-26(29)23(4)21-27(5,6)22-25(28)31-24(18-12-9-3)19-16-11-8-2/h23-24H,7-22H2,1-6H3. The maximum atomic E-state index is 12.6. The first-order valence-electron chi connectivity index (χ1n) is 13.1. The molecule has 184 valence electrons. The molecule has 0 aromatic heterocycles. The topological polar surface area (TPSA) is 52.6 Å². The van der Waals surface area contributed by atoms with Crippen LogP contribution in [0.3, 0.4) is 0 Å². The lowest BCUT2D eigenvalue weighted by molar-refractivity contribution is -0.155. The molecule has 4 heteroatoms. The van der Waals surface area contributed by atoms with E-state index in [1.165, 1.54) is 38.5 Å². The highest BCUT2D eigenvalue weighted by Gasteiger charge is 2.29. The predicted molar refractivity (Wildman–Crippen MR) is 130 cm³/mol. The first-order chi connectivity index (χ1) is 14.8. The van der Waals surface area contributed by atoms with Gasteiger partial charge < -0.3 is 9.47 Å². The predicted octanol–water partition coefficient (Wildman–Crippen LogP) is 8.01. The van der Waals surface area contributed by atoms with Crippen LogP contribution >= 0.6 is 0 Å². The maximum Gasteiger partial charge on any atom is 0.308 e. The van der Waals surface area contributed by atoms with Gasteiger partial charge in [-0.3, -0.25) is 9.59 Å². The van der Waals surface area contributed by atoms with E-state index in [0.29, 0.717) is 19.4 Å². The summed E-state index contributed by atoms with van der Waals surface area (Å²) in [6.07, 6.45) is 15.7. The molecule has 0 aliphatic rings. The van der Waals surface area contributed by atoms with Gasteiger partial charge >= 0.3 is 11.9 Å². The SMILES string of the molecule is CCCCCCCCOC(=O)C(C)CC(C)(C)CC(=O)OC(CCCC)CCCCC. The molecule has 2 atom stereocenters. The second-order valence-corrected chi connectivity index (χ2v) is 10.1. The van der Waals surface area contributed by atoms with Crippen molar-refractivity contribution in [2.24, 2.45) is 11.3 Å². The highest BCUT2D eigenvalue weighted by Crippen LogP contribution is 2.31. The third-order valence-corrected chi connectivity index (χ3v) is 5.93. The quantitative estimate of drug-likeness (QED) is 0.142. The number of hydrogen-bond donors (Lipinski definition) is 0. The average molecular weight is 441 g/mol. The van der Waals surface area contributed by atoms with Gasteiger partial charge in [0.15, 0.2) is 0 Å². The Balaban J connectivity index is 4.32. The van der Waals surface area contributed by atoms with E-state index >= 15 is 0 Å². The lowest BCUT2D eigenvalue weighted by Gasteiger charge is -2.27. The van der Waals surface area contributed by atoms with Crippen LogP contribution in [-0.2, 0) is 19.1 Å². The first kappa shape index (κ1) is 29.9. The summed E-state index contributed by atoms with van der Waals surface area (Å²) in [5.74, 6) is -0.478. The van der Waals surface area contributed by atoms with E-state index in [1.807, 2.05) is 20.8 Å². The molecule has 0 bridgehead atoms. The largest absolute Gasteiger partial charge is 0.465 e. The molecule has 0 saturated carbocycles. The van der Waals surface area contributed by atoms with Crippen LogP contribution in [0.15, 0.2) is 0 Å². The van der Waals surface area contributed by atoms with Crippen LogP contribution in [0.2, 0.25) is 0 Å². The molecule has 0 heterocycles. The molecule has 2 unspecified atom stereocenters. The molecule has 0 aromatic rings. The summed E-state index contributed by atoms with van der Waals surface area (Å²) in [4.78, 5) is 24.9. The van der Waals surface area contributed by atoms with Crippen molar-refractivity contribution in [2.45, 2.75) is 144 Å². The molecule has 0 saturated heterocycles. The third-order valence-electron chi connectivity index (χ3n) is 5.93. The van der Waals surface area contributed by atoms with Crippen LogP contribution in [-0.4, -0.2) is 24.6 Å². The highest BCUT2D eigenvalue weighted by molar-refractivity contribution is 5.73. The summed E-state index contributed by atoms with van der Waals surface area (Å²) in [5, 5.41) is 0. The minimum absolute atomic E-state index is 0.0366. The molecule has 4 nitrogen and oxygen atoms in total. The van der Waals surface area contributed by atoms with Crippen molar-refractivity contribution in [3.05, 3.63) is 0 Å². The first-order valence-corrected chi connectivity index (χ1v) is 13.1. The molecule has 0 fully saturated rings. The van der Waals surface area contributed by atoms with Gasteiger partial charge in [0.1, 0.15) is 6.10 Å². The van der Waals surface area contributed by atoms with Gasteiger partial charge in [-0.2, -0.15) is 0 Å². The van der Waals surface area contributed by atoms with Crippen LogP contribution in [0, 0.1) is 11.3 Å². The summed E-state index contributed by atoms with van der Waals surface area (Å²) >= 11 is 0. The maximum absolute atomic E-state index is 12.6. The van der Waals surface area contributed by atoms with Crippen LogP contribution in [0.25, 0.3) is 0 Å². The summed E-state index contributed by atoms with van der Waals surface area (Å²) in [6.45, 7) is 13.1. The van der Waals surface area contributed by atoms with Gasteiger partial charge in [0.05, 0.1) is 18.9 Å². The molecule has 0 aliphatic carbocycles. The number of hydrogen-bond acceptors (Lipinski definition) is 4. The van der Waals surface area contributed by atoms with Gasteiger partial charge in [-0.15, -0.1) is 0 Å². The Hall–Kier alpha value is -1.06. The molecule has 0 aliphatic heterocycles. The number of carbonyl (C=O) groups is 2. The van der Waals surface area contributed by atoms with E-state index in [2.05, 4.69) is 20.8 Å². The number of ether oxygens (including phenoxy) is 2. The van der Waals surface area contributed by atoms with E-state index in [4.69, 9.17) is 9.47 Å². The Kier molecular flexibility index (Phi) is 17.9. The molecule has 0 aromatic carbocycles. The Labute approximate surface area is 193 Å². The summed E-state index contributed by atoms with van der Waals surface area (Å²) in [7, 11) is 0. The zero-order valence-corrected chi connectivity index (χ0v) is 21.6. The molecule has 0 spiro atoms. The zero-order valence-electron chi connectivity index (χ0n) is 21.6. The molecule has 0 N–H and O–H groups in total. The van der Waals surface area contributed by atoms with Crippen LogP contribution < -0.4 is 0 Å². The normalized spacial score (nSPS) is 13.6. The van der Waals surface area contributed by atoms with E-state index in [9.17, 15) is 9.59 Å². The van der Waals surface area contributed by atoms with E-state index < -0.39 is 0 Å². The van der Waals surface area contributed by atoms with Gasteiger partial charge in [-0.25, -0.2) is 0 Å². The lowest BCUT2D eigenvalue weighted by Crippen LogP contribution is -2.28. The Morgan fingerprint density at radius 3 is 1.97 bits per heavy atom. The van der Waals surface area contributed by atoms with Gasteiger partial charge in [0.25, 0.3) is 0 Å². The second kappa shape index (κ2) is 18.5. The van der Waals surface area contributed by atoms with Crippen LogP contribution in [0.5, 0.6) is 0 Å². The smallest absolute Gasteiger partial charge is 0.308 e. The molecule has 0 rings (SSSR count). The van der Waals surface area contributed by atoms with Crippen LogP contribution in [0.4, 0.5) is 0 Å². The summed E-state index contributed by atoms with van der Waals surface area (Å²) in [6, 6.07) is 0. The van der Waals surface area contributed by atoms with Crippen molar-refractivity contribution in [1.82, 2.24) is 0 Å². The highest BCUT2D eigenvalue weighted by atomic mass is 16.5. The Morgan fingerprint density at radius 2 is 1.32 bits per heavy atom. The van der Waals surface area contributed by atoms with Crippen molar-refractivity contribution < 1.29 is 19.1 Å². The van der Waals surface area contributed by atoms with E-state index in [1.54, 1.807) is 0 Å². The zero-order chi connectivity index (χ0) is 23.5. The van der Waals surface area contributed by atoms with Gasteiger partial charge in [0, 0.05) is 0 Å². The second-order valence-electron chi connectivity index (χ2n) is 10.1. The minimum atomic E-state index is -0.283. The Bertz CT molecular complexity index is 458. The average Bonchev–Trinajstić information content (AvgIpc) is 2.70. The van der Waals surface area contributed by atoms with E-state index in [0.717, 1.165) is 44.9 Å². The molecular formula is C27H52O4. The fourth-order valence-electron chi connectivity index (χ4n) is 4.12. The van der Waals surface area contributed by atoms with Gasteiger partial charge in [-0.05, 0) is 37.5 Å². The van der Waals surface area contributed by atoms with Crippen molar-refractivity contribution in [2.75, 3.05) is 6.61 Å². The molecular weight excluding hydrogens is 388 g/mol. The summed E-state index contributed by atoms with van der Waals surface area (Å²) < 4.78 is 11.3.